The lowest BCUT2D eigenvalue weighted by molar-refractivity contribution is 0.0534. The molecule has 0 heterocycles. The third-order valence-electron chi connectivity index (χ3n) is 3.06. The molecule has 0 saturated heterocycles. The Hall–Kier alpha value is -1.03. The van der Waals surface area contributed by atoms with Gasteiger partial charge in [0.1, 0.15) is 5.60 Å². The number of hydrogen-bond acceptors (Lipinski definition) is 3. The molecular weight excluding hydrogens is 240 g/mol. The first-order chi connectivity index (χ1) is 8.97. The van der Waals surface area contributed by atoms with Gasteiger partial charge in [-0.3, -0.25) is 0 Å². The molecule has 19 heavy (non-hydrogen) atoms. The van der Waals surface area contributed by atoms with Gasteiger partial charge in [0.15, 0.2) is 0 Å². The highest BCUT2D eigenvalue weighted by atomic mass is 16.6. The number of nitrogens with one attached hydrogen (secondary N) is 2. The maximum absolute atomic E-state index is 11.4. The van der Waals surface area contributed by atoms with Crippen molar-refractivity contribution in [3.63, 3.8) is 0 Å². The van der Waals surface area contributed by atoms with Gasteiger partial charge >= 0.3 is 6.09 Å². The Morgan fingerprint density at radius 3 is 2.42 bits per heavy atom. The third kappa shape index (κ3) is 8.65. The minimum absolute atomic E-state index is 0.364. The van der Waals surface area contributed by atoms with Gasteiger partial charge in [-0.25, -0.2) is 4.79 Å². The molecule has 1 aliphatic rings. The van der Waals surface area contributed by atoms with Crippen LogP contribution < -0.4 is 10.6 Å². The van der Waals surface area contributed by atoms with E-state index in [-0.39, 0.29) is 6.09 Å². The van der Waals surface area contributed by atoms with E-state index in [9.17, 15) is 4.79 Å². The Morgan fingerprint density at radius 2 is 1.79 bits per heavy atom. The predicted molar refractivity (Wildman–Crippen MR) is 78.3 cm³/mol. The van der Waals surface area contributed by atoms with E-state index < -0.39 is 5.60 Å². The second-order valence-corrected chi connectivity index (χ2v) is 6.10. The number of hydrogen-bond donors (Lipinski definition) is 2. The Balaban J connectivity index is 2.02. The highest BCUT2D eigenvalue weighted by Crippen LogP contribution is 2.16. The van der Waals surface area contributed by atoms with Crippen molar-refractivity contribution in [3.05, 3.63) is 12.2 Å². The summed E-state index contributed by atoms with van der Waals surface area (Å²) in [5.41, 5.74) is -0.434. The fraction of sp³-hybridized carbons (Fsp3) is 0.800. The highest BCUT2D eigenvalue weighted by molar-refractivity contribution is 5.67. The van der Waals surface area contributed by atoms with Crippen LogP contribution in [-0.4, -0.2) is 30.8 Å². The minimum atomic E-state index is -0.434. The predicted octanol–water partition coefficient (Wildman–Crippen LogP) is 2.99. The van der Waals surface area contributed by atoms with Gasteiger partial charge in [-0.1, -0.05) is 31.4 Å². The quantitative estimate of drug-likeness (QED) is 0.754. The zero-order chi connectivity index (χ0) is 14.1. The van der Waals surface area contributed by atoms with E-state index >= 15 is 0 Å². The summed E-state index contributed by atoms with van der Waals surface area (Å²) < 4.78 is 5.14. The molecule has 1 amide bonds. The van der Waals surface area contributed by atoms with Gasteiger partial charge in [-0.2, -0.15) is 0 Å². The van der Waals surface area contributed by atoms with Crippen LogP contribution in [0.1, 0.15) is 52.9 Å². The fourth-order valence-electron chi connectivity index (χ4n) is 2.16. The standard InChI is InChI=1S/C15H28N2O2/c1-15(2,3)19-14(18)17-12-8-7-11-16-13-9-5-4-6-10-13/h7-8,13,16H,4-6,9-12H2,1-3H3,(H,17,18)/b8-7+. The van der Waals surface area contributed by atoms with Crippen molar-refractivity contribution >= 4 is 6.09 Å². The normalized spacial score (nSPS) is 17.6. The molecule has 4 heteroatoms. The number of amides is 1. The zero-order valence-corrected chi connectivity index (χ0v) is 12.5. The molecule has 1 rings (SSSR count). The molecule has 0 aromatic heterocycles. The molecule has 0 radical (unpaired) electrons. The van der Waals surface area contributed by atoms with E-state index in [2.05, 4.69) is 16.7 Å². The Morgan fingerprint density at radius 1 is 1.16 bits per heavy atom. The van der Waals surface area contributed by atoms with Crippen LogP contribution in [0.2, 0.25) is 0 Å². The summed E-state index contributed by atoms with van der Waals surface area (Å²) in [5, 5.41) is 6.22. The lowest BCUT2D eigenvalue weighted by Crippen LogP contribution is -2.33. The van der Waals surface area contributed by atoms with Crippen LogP contribution >= 0.6 is 0 Å². The summed E-state index contributed by atoms with van der Waals surface area (Å²) in [5.74, 6) is 0. The molecular formula is C15H28N2O2. The van der Waals surface area contributed by atoms with Crippen molar-refractivity contribution in [3.8, 4) is 0 Å². The molecule has 110 valence electrons. The number of carbonyl (C=O) groups excluding carboxylic acids is 1. The molecule has 0 aliphatic heterocycles. The van der Waals surface area contributed by atoms with E-state index in [0.29, 0.717) is 12.6 Å². The largest absolute Gasteiger partial charge is 0.444 e. The van der Waals surface area contributed by atoms with Gasteiger partial charge in [0.25, 0.3) is 0 Å². The van der Waals surface area contributed by atoms with Gasteiger partial charge in [0.2, 0.25) is 0 Å². The van der Waals surface area contributed by atoms with E-state index in [4.69, 9.17) is 4.74 Å². The first-order valence-corrected chi connectivity index (χ1v) is 7.32. The molecule has 0 unspecified atom stereocenters. The molecule has 0 spiro atoms. The van der Waals surface area contributed by atoms with E-state index in [1.54, 1.807) is 0 Å². The third-order valence-corrected chi connectivity index (χ3v) is 3.06. The maximum atomic E-state index is 11.4. The van der Waals surface area contributed by atoms with Crippen LogP contribution in [0.3, 0.4) is 0 Å². The van der Waals surface area contributed by atoms with Gasteiger partial charge < -0.3 is 15.4 Å². The fourth-order valence-corrected chi connectivity index (χ4v) is 2.16. The Labute approximate surface area is 117 Å². The van der Waals surface area contributed by atoms with Crippen LogP contribution in [0.15, 0.2) is 12.2 Å². The van der Waals surface area contributed by atoms with Gasteiger partial charge in [-0.15, -0.1) is 0 Å². The smallest absolute Gasteiger partial charge is 0.407 e. The zero-order valence-electron chi connectivity index (χ0n) is 12.5. The van der Waals surface area contributed by atoms with Crippen molar-refractivity contribution in [1.82, 2.24) is 10.6 Å². The monoisotopic (exact) mass is 268 g/mol. The van der Waals surface area contributed by atoms with E-state index in [1.165, 1.54) is 32.1 Å². The number of carbonyl (C=O) groups is 1. The second kappa shape index (κ2) is 8.20. The Bertz CT molecular complexity index is 289. The summed E-state index contributed by atoms with van der Waals surface area (Å²) in [4.78, 5) is 11.4. The second-order valence-electron chi connectivity index (χ2n) is 6.10. The molecule has 2 N–H and O–H groups in total. The number of rotatable bonds is 5. The van der Waals surface area contributed by atoms with Gasteiger partial charge in [-0.05, 0) is 33.6 Å². The lowest BCUT2D eigenvalue weighted by Gasteiger charge is -2.22. The molecule has 0 aromatic rings. The topological polar surface area (TPSA) is 50.4 Å². The van der Waals surface area contributed by atoms with Crippen molar-refractivity contribution in [1.29, 1.82) is 0 Å². The summed E-state index contributed by atoms with van der Waals surface area (Å²) in [6.07, 6.45) is 10.3. The average Bonchev–Trinajstić information content (AvgIpc) is 2.32. The summed E-state index contributed by atoms with van der Waals surface area (Å²) in [7, 11) is 0. The number of alkyl carbamates (subject to hydrolysis) is 1. The summed E-state index contributed by atoms with van der Waals surface area (Å²) in [6.45, 7) is 6.96. The highest BCUT2D eigenvalue weighted by Gasteiger charge is 2.15. The van der Waals surface area contributed by atoms with Crippen molar-refractivity contribution in [2.45, 2.75) is 64.5 Å². The van der Waals surface area contributed by atoms with E-state index in [1.807, 2.05) is 26.8 Å². The van der Waals surface area contributed by atoms with Crippen LogP contribution in [-0.2, 0) is 4.74 Å². The lowest BCUT2D eigenvalue weighted by atomic mass is 9.95. The van der Waals surface area contributed by atoms with Gasteiger partial charge in [0.05, 0.1) is 0 Å². The summed E-state index contributed by atoms with van der Waals surface area (Å²) in [6, 6.07) is 0.678. The van der Waals surface area contributed by atoms with Crippen molar-refractivity contribution in [2.24, 2.45) is 0 Å². The molecule has 0 aromatic carbocycles. The average molecular weight is 268 g/mol. The first kappa shape index (κ1) is 16.0. The minimum Gasteiger partial charge on any atom is -0.444 e. The van der Waals surface area contributed by atoms with E-state index in [0.717, 1.165) is 6.54 Å². The van der Waals surface area contributed by atoms with Crippen LogP contribution in [0.25, 0.3) is 0 Å². The molecule has 1 fully saturated rings. The van der Waals surface area contributed by atoms with Crippen LogP contribution in [0.4, 0.5) is 4.79 Å². The molecule has 0 atom stereocenters. The SMILES string of the molecule is CC(C)(C)OC(=O)NC/C=C/CNC1CCCCC1. The molecule has 0 bridgehead atoms. The molecule has 1 saturated carbocycles. The Kier molecular flexibility index (Phi) is 6.92. The van der Waals surface area contributed by atoms with Gasteiger partial charge in [0, 0.05) is 19.1 Å². The van der Waals surface area contributed by atoms with Crippen molar-refractivity contribution in [2.75, 3.05) is 13.1 Å². The number of ether oxygens (including phenoxy) is 1. The van der Waals surface area contributed by atoms with Crippen molar-refractivity contribution < 1.29 is 9.53 Å². The first-order valence-electron chi connectivity index (χ1n) is 7.32. The van der Waals surface area contributed by atoms with Crippen LogP contribution in [0, 0.1) is 0 Å². The molecule has 4 nitrogen and oxygen atoms in total. The summed E-state index contributed by atoms with van der Waals surface area (Å²) >= 11 is 0. The van der Waals surface area contributed by atoms with Crippen LogP contribution in [0.5, 0.6) is 0 Å². The maximum Gasteiger partial charge on any atom is 0.407 e. The molecule has 1 aliphatic carbocycles.